The van der Waals surface area contributed by atoms with E-state index >= 15 is 0 Å². The van der Waals surface area contributed by atoms with Crippen LogP contribution in [0.2, 0.25) is 0 Å². The van der Waals surface area contributed by atoms with Gasteiger partial charge in [0, 0.05) is 61.2 Å². The maximum Gasteiger partial charge on any atom is 0.162 e. The van der Waals surface area contributed by atoms with Gasteiger partial charge in [0.15, 0.2) is 5.78 Å². The third-order valence-corrected chi connectivity index (χ3v) is 8.32. The molecular formula is C40H54IrN3O2-. The van der Waals surface area contributed by atoms with Gasteiger partial charge in [-0.05, 0) is 61.1 Å². The summed E-state index contributed by atoms with van der Waals surface area (Å²) < 4.78 is 0. The van der Waals surface area contributed by atoms with Crippen molar-refractivity contribution in [1.82, 2.24) is 9.97 Å². The number of carbonyl (C=O) groups excluding carboxylic acids is 1. The zero-order valence-electron chi connectivity index (χ0n) is 30.1. The van der Waals surface area contributed by atoms with Crippen molar-refractivity contribution in [3.8, 4) is 28.6 Å². The van der Waals surface area contributed by atoms with Gasteiger partial charge < -0.3 is 10.1 Å². The fourth-order valence-corrected chi connectivity index (χ4v) is 5.31. The Bertz CT molecular complexity index is 1530. The predicted octanol–water partition coefficient (Wildman–Crippen LogP) is 10.6. The van der Waals surface area contributed by atoms with Gasteiger partial charge >= 0.3 is 0 Å². The number of rotatable bonds is 9. The van der Waals surface area contributed by atoms with E-state index in [0.29, 0.717) is 5.56 Å². The first-order valence-electron chi connectivity index (χ1n) is 16.4. The van der Waals surface area contributed by atoms with Crippen LogP contribution >= 0.6 is 0 Å². The number of allylic oxidation sites excluding steroid dienone is 2. The summed E-state index contributed by atoms with van der Waals surface area (Å²) in [4.78, 5) is 21.7. The van der Waals surface area contributed by atoms with Crippen LogP contribution in [0.5, 0.6) is 0 Å². The Hall–Kier alpha value is -3.13. The first kappa shape index (κ1) is 40.9. The Kier molecular flexibility index (Phi) is 15.7. The number of aromatic nitrogens is 2. The minimum atomic E-state index is -0.182. The molecule has 2 aromatic carbocycles. The summed E-state index contributed by atoms with van der Waals surface area (Å²) in [5, 5.41) is 18.9. The van der Waals surface area contributed by atoms with E-state index in [4.69, 9.17) is 15.2 Å². The van der Waals surface area contributed by atoms with Crippen LogP contribution in [-0.4, -0.2) is 20.9 Å². The number of nitrogens with zero attached hydrogens (tertiary/aromatic N) is 3. The summed E-state index contributed by atoms with van der Waals surface area (Å²) in [6.45, 7) is 25.3. The molecule has 3 rings (SSSR count). The molecule has 1 heterocycles. The number of carbonyl (C=O) groups is 1. The van der Waals surface area contributed by atoms with Gasteiger partial charge in [0.2, 0.25) is 0 Å². The first-order chi connectivity index (χ1) is 21.0. The van der Waals surface area contributed by atoms with Gasteiger partial charge in [-0.1, -0.05) is 82.2 Å². The van der Waals surface area contributed by atoms with Crippen LogP contribution in [0, 0.1) is 43.1 Å². The first-order valence-corrected chi connectivity index (χ1v) is 16.4. The molecule has 0 aliphatic rings. The van der Waals surface area contributed by atoms with Crippen LogP contribution in [0.4, 0.5) is 0 Å². The molecule has 0 fully saturated rings. The molecule has 0 amide bonds. The molecule has 1 N–H and O–H groups in total. The molecular weight excluding hydrogens is 747 g/mol. The number of aliphatic hydroxyl groups excluding tert-OH is 1. The van der Waals surface area contributed by atoms with Gasteiger partial charge in [0.25, 0.3) is 0 Å². The minimum Gasteiger partial charge on any atom is -0.512 e. The Morgan fingerprint density at radius 1 is 0.935 bits per heavy atom. The molecule has 3 aromatic rings. The van der Waals surface area contributed by atoms with E-state index in [-0.39, 0.29) is 54.3 Å². The number of ketones is 1. The van der Waals surface area contributed by atoms with Crippen molar-refractivity contribution in [3.63, 3.8) is 0 Å². The van der Waals surface area contributed by atoms with Crippen LogP contribution in [0.15, 0.2) is 48.4 Å². The molecule has 0 aliphatic heterocycles. The second-order valence-electron chi connectivity index (χ2n) is 14.1. The molecule has 0 bridgehead atoms. The van der Waals surface area contributed by atoms with Crippen molar-refractivity contribution in [3.05, 3.63) is 82.4 Å². The average Bonchev–Trinajstić information content (AvgIpc) is 2.97. The van der Waals surface area contributed by atoms with E-state index in [1.165, 1.54) is 11.6 Å². The average molecular weight is 801 g/mol. The van der Waals surface area contributed by atoms with Crippen molar-refractivity contribution in [2.45, 2.75) is 120 Å². The van der Waals surface area contributed by atoms with Crippen LogP contribution in [0.1, 0.15) is 123 Å². The Morgan fingerprint density at radius 3 is 2.00 bits per heavy atom. The summed E-state index contributed by atoms with van der Waals surface area (Å²) in [5.74, 6) is 0.547. The van der Waals surface area contributed by atoms with Gasteiger partial charge in [0.1, 0.15) is 0 Å². The number of hydrogen-bond donors (Lipinski definition) is 1. The maximum absolute atomic E-state index is 11.7. The van der Waals surface area contributed by atoms with Crippen LogP contribution in [-0.2, 0) is 35.7 Å². The monoisotopic (exact) mass is 801 g/mol. The second-order valence-corrected chi connectivity index (χ2v) is 14.1. The van der Waals surface area contributed by atoms with E-state index < -0.39 is 0 Å². The Balaban J connectivity index is 0.000000564. The van der Waals surface area contributed by atoms with Gasteiger partial charge in [-0.2, -0.15) is 5.26 Å². The van der Waals surface area contributed by atoms with Gasteiger partial charge in [-0.15, -0.1) is 34.9 Å². The molecule has 0 spiro atoms. The Labute approximate surface area is 292 Å². The molecule has 0 saturated heterocycles. The number of hydrogen-bond acceptors (Lipinski definition) is 5. The van der Waals surface area contributed by atoms with Gasteiger partial charge in [-0.3, -0.25) is 9.78 Å². The topological polar surface area (TPSA) is 86.9 Å². The van der Waals surface area contributed by atoms with E-state index in [2.05, 4.69) is 72.7 Å². The van der Waals surface area contributed by atoms with Crippen molar-refractivity contribution >= 4 is 5.78 Å². The van der Waals surface area contributed by atoms with Gasteiger partial charge in [0.05, 0.1) is 23.1 Å². The molecule has 251 valence electrons. The Morgan fingerprint density at radius 2 is 1.52 bits per heavy atom. The normalized spacial score (nSPS) is 11.9. The van der Waals surface area contributed by atoms with E-state index in [1.807, 2.05) is 59.0 Å². The number of aliphatic hydroxyl groups is 1. The summed E-state index contributed by atoms with van der Waals surface area (Å²) >= 11 is 0. The van der Waals surface area contributed by atoms with Crippen molar-refractivity contribution in [1.29, 1.82) is 5.26 Å². The quantitative estimate of drug-likeness (QED) is 0.132. The minimum absolute atomic E-state index is 0. The second kappa shape index (κ2) is 17.7. The van der Waals surface area contributed by atoms with Gasteiger partial charge in [-0.25, -0.2) is 0 Å². The summed E-state index contributed by atoms with van der Waals surface area (Å²) in [6, 6.07) is 15.8. The summed E-state index contributed by atoms with van der Waals surface area (Å²) in [6.07, 6.45) is 6.75. The fraction of sp³-hybridized carbons (Fsp3) is 0.500. The SMILES string of the molecule is CCC(CC)C(=O)/C=C(\O)C(CC)CC.Cc1[c-]c(-c2ncc(-c3ccc(C#N)cc3C)nc2C(C)(C)C)cc(C(C)(C)C)c1.[Ir]. The molecule has 1 radical (unpaired) electrons. The van der Waals surface area contributed by atoms with Crippen molar-refractivity contribution in [2.24, 2.45) is 11.8 Å². The third-order valence-electron chi connectivity index (χ3n) is 8.32. The fourth-order valence-electron chi connectivity index (χ4n) is 5.31. The van der Waals surface area contributed by atoms with Crippen LogP contribution in [0.3, 0.4) is 0 Å². The molecule has 0 atom stereocenters. The van der Waals surface area contributed by atoms with Crippen molar-refractivity contribution in [2.75, 3.05) is 0 Å². The van der Waals surface area contributed by atoms with Crippen LogP contribution < -0.4 is 0 Å². The number of nitriles is 1. The molecule has 1 aromatic heterocycles. The summed E-state index contributed by atoms with van der Waals surface area (Å²) in [7, 11) is 0. The van der Waals surface area contributed by atoms with Crippen LogP contribution in [0.25, 0.3) is 22.5 Å². The zero-order chi connectivity index (χ0) is 34.1. The third kappa shape index (κ3) is 11.0. The zero-order valence-corrected chi connectivity index (χ0v) is 32.5. The van der Waals surface area contributed by atoms with E-state index in [9.17, 15) is 9.90 Å². The predicted molar refractivity (Wildman–Crippen MR) is 187 cm³/mol. The van der Waals surface area contributed by atoms with E-state index in [1.54, 1.807) is 0 Å². The molecule has 46 heavy (non-hydrogen) atoms. The molecule has 6 heteroatoms. The maximum atomic E-state index is 11.7. The smallest absolute Gasteiger partial charge is 0.162 e. The molecule has 0 unspecified atom stereocenters. The van der Waals surface area contributed by atoms with E-state index in [0.717, 1.165) is 65.0 Å². The van der Waals surface area contributed by atoms with Crippen molar-refractivity contribution < 1.29 is 30.0 Å². The summed E-state index contributed by atoms with van der Waals surface area (Å²) in [5.41, 5.74) is 8.55. The number of benzene rings is 2. The molecule has 5 nitrogen and oxygen atoms in total. The number of aryl methyl sites for hydroxylation is 2. The molecule has 0 saturated carbocycles. The largest absolute Gasteiger partial charge is 0.512 e. The standard InChI is InChI=1S/C27H30N3.C13H24O2.Ir/c1-17-11-20(14-21(12-17)26(3,4)5)24-25(27(6,7)8)30-23(16-29-24)22-10-9-19(15-28)13-18(22)2;1-5-10(6-2)12(14)9-13(15)11(7-3)8-4;/h9-10,12-14,16H,1-8H3;9-11,14H,5-8H2,1-4H3;/q-1;;/b;12-9-;. The molecule has 0 aliphatic carbocycles.